The summed E-state index contributed by atoms with van der Waals surface area (Å²) in [5.74, 6) is -0.132. The van der Waals surface area contributed by atoms with Gasteiger partial charge in [0, 0.05) is 24.7 Å². The van der Waals surface area contributed by atoms with Gasteiger partial charge in [-0.25, -0.2) is 0 Å². The molecule has 2 aliphatic rings. The number of carboxylic acids is 1. The number of rotatable bonds is 8. The number of methoxy groups -OCH3 is 1. The zero-order valence-corrected chi connectivity index (χ0v) is 14.3. The molecule has 0 bridgehead atoms. The average Bonchev–Trinajstić information content (AvgIpc) is 3.33. The molecular weight excluding hydrogens is 324 g/mol. The molecule has 1 amide bonds. The third kappa shape index (κ3) is 4.42. The minimum Gasteiger partial charge on any atom is -0.507 e. The fourth-order valence-electron chi connectivity index (χ4n) is 3.25. The summed E-state index contributed by atoms with van der Waals surface area (Å²) in [6, 6.07) is 4.77. The van der Waals surface area contributed by atoms with Crippen molar-refractivity contribution in [3.63, 3.8) is 0 Å². The van der Waals surface area contributed by atoms with Crippen LogP contribution in [0, 0.1) is 5.92 Å². The highest BCUT2D eigenvalue weighted by Gasteiger charge is 2.37. The number of phenolic OH excluding ortho intramolecular Hbond substituents is 1. The smallest absolute Gasteiger partial charge is 0.317 e. The number of phenols is 1. The quantitative estimate of drug-likeness (QED) is 0.658. The Bertz CT molecular complexity index is 653. The van der Waals surface area contributed by atoms with Crippen molar-refractivity contribution in [2.24, 2.45) is 5.92 Å². The number of hydrogen-bond donors (Lipinski definition) is 3. The van der Waals surface area contributed by atoms with E-state index in [2.05, 4.69) is 5.32 Å². The van der Waals surface area contributed by atoms with E-state index in [1.54, 1.807) is 6.07 Å². The number of carboxylic acid groups (broad SMARTS) is 1. The number of carbonyl (C=O) groups is 2. The summed E-state index contributed by atoms with van der Waals surface area (Å²) in [6.45, 7) is 0.887. The lowest BCUT2D eigenvalue weighted by molar-refractivity contribution is -0.139. The van der Waals surface area contributed by atoms with Gasteiger partial charge >= 0.3 is 5.97 Å². The van der Waals surface area contributed by atoms with Crippen molar-refractivity contribution in [1.29, 1.82) is 0 Å². The van der Waals surface area contributed by atoms with Gasteiger partial charge in [-0.15, -0.1) is 0 Å². The van der Waals surface area contributed by atoms with Gasteiger partial charge in [0.1, 0.15) is 11.5 Å². The summed E-state index contributed by atoms with van der Waals surface area (Å²) >= 11 is 0. The zero-order valence-electron chi connectivity index (χ0n) is 14.3. The molecule has 25 heavy (non-hydrogen) atoms. The van der Waals surface area contributed by atoms with E-state index in [0.717, 1.165) is 19.4 Å². The van der Waals surface area contributed by atoms with Crippen LogP contribution in [0.4, 0.5) is 0 Å². The molecule has 0 radical (unpaired) electrons. The number of hydrogen-bond acceptors (Lipinski definition) is 5. The number of aliphatic carboxylic acids is 1. The summed E-state index contributed by atoms with van der Waals surface area (Å²) in [5.41, 5.74) is 0.213. The van der Waals surface area contributed by atoms with Gasteiger partial charge in [0.2, 0.25) is 0 Å². The fraction of sp³-hybridized carbons (Fsp3) is 0.556. The van der Waals surface area contributed by atoms with Crippen LogP contribution in [0.1, 0.15) is 36.0 Å². The Morgan fingerprint density at radius 3 is 2.60 bits per heavy atom. The van der Waals surface area contributed by atoms with E-state index in [9.17, 15) is 14.7 Å². The van der Waals surface area contributed by atoms with Gasteiger partial charge in [0.25, 0.3) is 5.91 Å². The molecule has 0 saturated heterocycles. The number of benzene rings is 1. The molecule has 2 aliphatic carbocycles. The Morgan fingerprint density at radius 1 is 1.32 bits per heavy atom. The first-order chi connectivity index (χ1) is 12.0. The van der Waals surface area contributed by atoms with Crippen LogP contribution in [0.3, 0.4) is 0 Å². The van der Waals surface area contributed by atoms with E-state index >= 15 is 0 Å². The molecule has 0 spiro atoms. The van der Waals surface area contributed by atoms with Crippen molar-refractivity contribution >= 4 is 11.9 Å². The lowest BCUT2D eigenvalue weighted by Crippen LogP contribution is -2.55. The van der Waals surface area contributed by atoms with Gasteiger partial charge in [0.15, 0.2) is 0 Å². The Labute approximate surface area is 146 Å². The standard InChI is InChI=1S/C18H24N2O5/c1-25-14-4-5-15(16(21)8-14)18(24)19-12-6-13(7-12)20(10-17(22)23)9-11-2-3-11/h4-5,8,11-13,21H,2-3,6-7,9-10H2,1H3,(H,19,24)(H,22,23). The summed E-state index contributed by atoms with van der Waals surface area (Å²) < 4.78 is 5.01. The zero-order chi connectivity index (χ0) is 18.0. The van der Waals surface area contributed by atoms with E-state index < -0.39 is 5.97 Å². The second-order valence-electron chi connectivity index (χ2n) is 6.95. The minimum absolute atomic E-state index is 0.00880. The molecule has 0 aromatic heterocycles. The van der Waals surface area contributed by atoms with Crippen LogP contribution in [0.2, 0.25) is 0 Å². The largest absolute Gasteiger partial charge is 0.507 e. The first-order valence-electron chi connectivity index (χ1n) is 8.60. The summed E-state index contributed by atoms with van der Waals surface area (Å²) in [7, 11) is 1.49. The molecular formula is C18H24N2O5. The third-order valence-corrected chi connectivity index (χ3v) is 4.94. The lowest BCUT2D eigenvalue weighted by Gasteiger charge is -2.42. The molecule has 2 fully saturated rings. The van der Waals surface area contributed by atoms with Gasteiger partial charge in [-0.05, 0) is 43.7 Å². The highest BCUT2D eigenvalue weighted by atomic mass is 16.5. The van der Waals surface area contributed by atoms with Crippen LogP contribution < -0.4 is 10.1 Å². The second-order valence-corrected chi connectivity index (χ2v) is 6.95. The molecule has 0 unspecified atom stereocenters. The van der Waals surface area contributed by atoms with Crippen molar-refractivity contribution in [2.75, 3.05) is 20.2 Å². The lowest BCUT2D eigenvalue weighted by atomic mass is 9.85. The Balaban J connectivity index is 1.51. The molecule has 7 heteroatoms. The van der Waals surface area contributed by atoms with Gasteiger partial charge < -0.3 is 20.3 Å². The second kappa shape index (κ2) is 7.31. The van der Waals surface area contributed by atoms with E-state index in [4.69, 9.17) is 9.84 Å². The number of ether oxygens (including phenoxy) is 1. The molecule has 3 N–H and O–H groups in total. The first-order valence-corrected chi connectivity index (χ1v) is 8.60. The summed E-state index contributed by atoms with van der Waals surface area (Å²) in [5, 5.41) is 21.9. The number of nitrogens with zero attached hydrogens (tertiary/aromatic N) is 1. The Morgan fingerprint density at radius 2 is 2.04 bits per heavy atom. The van der Waals surface area contributed by atoms with Crippen LogP contribution in [0.25, 0.3) is 0 Å². The molecule has 7 nitrogen and oxygen atoms in total. The molecule has 1 aromatic rings. The maximum atomic E-state index is 12.3. The number of amides is 1. The predicted octanol–water partition coefficient (Wildman–Crippen LogP) is 1.46. The normalized spacial score (nSPS) is 22.3. The van der Waals surface area contributed by atoms with Crippen LogP contribution >= 0.6 is 0 Å². The molecule has 0 heterocycles. The van der Waals surface area contributed by atoms with E-state index in [-0.39, 0.29) is 35.8 Å². The molecule has 136 valence electrons. The van der Waals surface area contributed by atoms with E-state index in [1.807, 2.05) is 4.90 Å². The highest BCUT2D eigenvalue weighted by molar-refractivity contribution is 5.97. The summed E-state index contributed by atoms with van der Waals surface area (Å²) in [6.07, 6.45) is 3.84. The van der Waals surface area contributed by atoms with Gasteiger partial charge in [-0.1, -0.05) is 0 Å². The summed E-state index contributed by atoms with van der Waals surface area (Å²) in [4.78, 5) is 25.4. The predicted molar refractivity (Wildman–Crippen MR) is 90.9 cm³/mol. The molecule has 1 aromatic carbocycles. The monoisotopic (exact) mass is 348 g/mol. The van der Waals surface area contributed by atoms with Crippen molar-refractivity contribution < 1.29 is 24.5 Å². The SMILES string of the molecule is COc1ccc(C(=O)NC2CC(N(CC(=O)O)CC3CC3)C2)c(O)c1. The number of carbonyl (C=O) groups excluding carboxylic acids is 1. The highest BCUT2D eigenvalue weighted by Crippen LogP contribution is 2.34. The first kappa shape index (κ1) is 17.5. The molecule has 0 atom stereocenters. The van der Waals surface area contributed by atoms with E-state index in [0.29, 0.717) is 11.7 Å². The van der Waals surface area contributed by atoms with Gasteiger partial charge in [-0.2, -0.15) is 0 Å². The van der Waals surface area contributed by atoms with Crippen molar-refractivity contribution in [3.05, 3.63) is 23.8 Å². The van der Waals surface area contributed by atoms with Crippen LogP contribution in [0.15, 0.2) is 18.2 Å². The minimum atomic E-state index is -0.809. The van der Waals surface area contributed by atoms with Gasteiger partial charge in [0.05, 0.1) is 19.2 Å². The Hall–Kier alpha value is -2.28. The van der Waals surface area contributed by atoms with Crippen molar-refractivity contribution in [3.8, 4) is 11.5 Å². The Kier molecular flexibility index (Phi) is 5.13. The van der Waals surface area contributed by atoms with E-state index in [1.165, 1.54) is 32.1 Å². The number of aromatic hydroxyl groups is 1. The number of nitrogens with one attached hydrogen (secondary N) is 1. The third-order valence-electron chi connectivity index (χ3n) is 4.94. The molecule has 2 saturated carbocycles. The van der Waals surface area contributed by atoms with Crippen molar-refractivity contribution in [1.82, 2.24) is 10.2 Å². The van der Waals surface area contributed by atoms with Crippen LogP contribution in [-0.2, 0) is 4.79 Å². The fourth-order valence-corrected chi connectivity index (χ4v) is 3.25. The van der Waals surface area contributed by atoms with Crippen LogP contribution in [0.5, 0.6) is 11.5 Å². The maximum Gasteiger partial charge on any atom is 0.317 e. The molecule has 0 aliphatic heterocycles. The topological polar surface area (TPSA) is 99.1 Å². The molecule has 3 rings (SSSR count). The van der Waals surface area contributed by atoms with Crippen LogP contribution in [-0.4, -0.2) is 59.3 Å². The van der Waals surface area contributed by atoms with Crippen molar-refractivity contribution in [2.45, 2.75) is 37.8 Å². The average molecular weight is 348 g/mol. The van der Waals surface area contributed by atoms with Gasteiger partial charge in [-0.3, -0.25) is 14.5 Å². The maximum absolute atomic E-state index is 12.3.